The second kappa shape index (κ2) is 3.39. The molecule has 0 aromatic rings. The van der Waals surface area contributed by atoms with Crippen LogP contribution in [-0.2, 0) is 9.53 Å². The first-order chi connectivity index (χ1) is 6.71. The van der Waals surface area contributed by atoms with E-state index < -0.39 is 5.54 Å². The van der Waals surface area contributed by atoms with Crippen molar-refractivity contribution in [3.8, 4) is 0 Å². The number of nitrogens with zero attached hydrogens (tertiary/aromatic N) is 1. The van der Waals surface area contributed by atoms with Crippen molar-refractivity contribution >= 4 is 5.97 Å². The standard InChI is InChI=1S/C11H17NO2/c1-3-14-10(13)11-6-4-7-12(11)8-5-9(11)2/h2-8H2,1H3/t11-/m0/s1. The Hall–Kier alpha value is -0.830. The summed E-state index contributed by atoms with van der Waals surface area (Å²) < 4.78 is 5.16. The fraction of sp³-hybridized carbons (Fsp3) is 0.727. The van der Waals surface area contributed by atoms with Gasteiger partial charge in [-0.15, -0.1) is 0 Å². The molecule has 2 rings (SSSR count). The van der Waals surface area contributed by atoms with Gasteiger partial charge in [-0.1, -0.05) is 6.58 Å². The number of carbonyl (C=O) groups excluding carboxylic acids is 1. The van der Waals surface area contributed by atoms with E-state index in [9.17, 15) is 4.79 Å². The van der Waals surface area contributed by atoms with Gasteiger partial charge in [0.25, 0.3) is 0 Å². The predicted molar refractivity (Wildman–Crippen MR) is 53.9 cm³/mol. The zero-order chi connectivity index (χ0) is 10.2. The molecule has 3 heteroatoms. The average molecular weight is 195 g/mol. The van der Waals surface area contributed by atoms with Gasteiger partial charge in [0.15, 0.2) is 0 Å². The minimum absolute atomic E-state index is 0.0833. The largest absolute Gasteiger partial charge is 0.464 e. The molecule has 0 unspecified atom stereocenters. The van der Waals surface area contributed by atoms with Crippen LogP contribution in [-0.4, -0.2) is 36.1 Å². The number of carbonyl (C=O) groups is 1. The van der Waals surface area contributed by atoms with Crippen molar-refractivity contribution in [1.82, 2.24) is 4.90 Å². The van der Waals surface area contributed by atoms with E-state index in [1.165, 1.54) is 0 Å². The van der Waals surface area contributed by atoms with E-state index >= 15 is 0 Å². The van der Waals surface area contributed by atoms with Gasteiger partial charge in [-0.05, 0) is 38.3 Å². The van der Waals surface area contributed by atoms with E-state index in [0.717, 1.165) is 37.9 Å². The van der Waals surface area contributed by atoms with Crippen molar-refractivity contribution in [2.24, 2.45) is 0 Å². The number of hydrogen-bond acceptors (Lipinski definition) is 3. The molecule has 0 N–H and O–H groups in total. The second-order valence-electron chi connectivity index (χ2n) is 4.02. The van der Waals surface area contributed by atoms with Crippen LogP contribution in [0, 0.1) is 0 Å². The SMILES string of the molecule is C=C1CCN2CCC[C@@]12C(=O)OCC. The highest BCUT2D eigenvalue weighted by atomic mass is 16.5. The van der Waals surface area contributed by atoms with Crippen molar-refractivity contribution in [2.45, 2.75) is 31.7 Å². The minimum atomic E-state index is -0.448. The van der Waals surface area contributed by atoms with Crippen LogP contribution in [0.2, 0.25) is 0 Å². The molecule has 3 nitrogen and oxygen atoms in total. The first kappa shape index (κ1) is 9.71. The van der Waals surface area contributed by atoms with Gasteiger partial charge in [0.1, 0.15) is 5.54 Å². The van der Waals surface area contributed by atoms with Gasteiger partial charge in [-0.25, -0.2) is 4.79 Å². The molecule has 2 fully saturated rings. The van der Waals surface area contributed by atoms with Crippen LogP contribution in [0.25, 0.3) is 0 Å². The summed E-state index contributed by atoms with van der Waals surface area (Å²) in [7, 11) is 0. The van der Waals surface area contributed by atoms with Crippen molar-refractivity contribution < 1.29 is 9.53 Å². The Labute approximate surface area is 84.7 Å². The van der Waals surface area contributed by atoms with E-state index in [2.05, 4.69) is 11.5 Å². The molecule has 2 aliphatic rings. The highest BCUT2D eigenvalue weighted by molar-refractivity contribution is 5.86. The van der Waals surface area contributed by atoms with Crippen LogP contribution in [0.1, 0.15) is 26.2 Å². The summed E-state index contributed by atoms with van der Waals surface area (Å²) in [6.45, 7) is 8.32. The molecule has 0 aromatic heterocycles. The molecular weight excluding hydrogens is 178 g/mol. The lowest BCUT2D eigenvalue weighted by Crippen LogP contribution is -2.47. The molecule has 0 spiro atoms. The van der Waals surface area contributed by atoms with Gasteiger partial charge in [0, 0.05) is 6.54 Å². The Morgan fingerprint density at radius 3 is 3.14 bits per heavy atom. The lowest BCUT2D eigenvalue weighted by atomic mass is 9.90. The summed E-state index contributed by atoms with van der Waals surface area (Å²) in [4.78, 5) is 14.2. The smallest absolute Gasteiger partial charge is 0.330 e. The molecule has 2 heterocycles. The third kappa shape index (κ3) is 1.12. The molecule has 1 atom stereocenters. The Morgan fingerprint density at radius 1 is 1.64 bits per heavy atom. The van der Waals surface area contributed by atoms with Crippen LogP contribution in [0.3, 0.4) is 0 Å². The van der Waals surface area contributed by atoms with Crippen LogP contribution >= 0.6 is 0 Å². The summed E-state index contributed by atoms with van der Waals surface area (Å²) >= 11 is 0. The van der Waals surface area contributed by atoms with Crippen LogP contribution in [0.4, 0.5) is 0 Å². The first-order valence-electron chi connectivity index (χ1n) is 5.32. The molecule has 2 aliphatic heterocycles. The minimum Gasteiger partial charge on any atom is -0.464 e. The van der Waals surface area contributed by atoms with Crippen molar-refractivity contribution in [3.63, 3.8) is 0 Å². The predicted octanol–water partition coefficient (Wildman–Crippen LogP) is 1.34. The summed E-state index contributed by atoms with van der Waals surface area (Å²) in [5.74, 6) is -0.0833. The number of ether oxygens (including phenoxy) is 1. The van der Waals surface area contributed by atoms with E-state index in [1.54, 1.807) is 0 Å². The van der Waals surface area contributed by atoms with E-state index in [0.29, 0.717) is 6.61 Å². The molecule has 0 aliphatic carbocycles. The number of rotatable bonds is 2. The molecule has 0 aromatic carbocycles. The Balaban J connectivity index is 2.26. The summed E-state index contributed by atoms with van der Waals surface area (Å²) in [6.07, 6.45) is 2.92. The highest BCUT2D eigenvalue weighted by Crippen LogP contribution is 2.42. The van der Waals surface area contributed by atoms with E-state index in [-0.39, 0.29) is 5.97 Å². The van der Waals surface area contributed by atoms with Gasteiger partial charge in [0.2, 0.25) is 0 Å². The third-order valence-electron chi connectivity index (χ3n) is 3.39. The monoisotopic (exact) mass is 195 g/mol. The summed E-state index contributed by atoms with van der Waals surface area (Å²) in [5.41, 5.74) is 0.601. The van der Waals surface area contributed by atoms with E-state index in [4.69, 9.17) is 4.74 Å². The Bertz CT molecular complexity index is 274. The third-order valence-corrected chi connectivity index (χ3v) is 3.39. The van der Waals surface area contributed by atoms with Gasteiger partial charge < -0.3 is 4.74 Å². The van der Waals surface area contributed by atoms with Crippen LogP contribution in [0.5, 0.6) is 0 Å². The summed E-state index contributed by atoms with van der Waals surface area (Å²) in [6, 6.07) is 0. The normalized spacial score (nSPS) is 31.9. The quantitative estimate of drug-likeness (QED) is 0.492. The lowest BCUT2D eigenvalue weighted by Gasteiger charge is -2.30. The second-order valence-corrected chi connectivity index (χ2v) is 4.02. The number of esters is 1. The fourth-order valence-corrected chi connectivity index (χ4v) is 2.68. The van der Waals surface area contributed by atoms with Gasteiger partial charge in [0.05, 0.1) is 6.61 Å². The van der Waals surface area contributed by atoms with Crippen molar-refractivity contribution in [2.75, 3.05) is 19.7 Å². The van der Waals surface area contributed by atoms with Crippen LogP contribution < -0.4 is 0 Å². The lowest BCUT2D eigenvalue weighted by molar-refractivity contribution is -0.152. The summed E-state index contributed by atoms with van der Waals surface area (Å²) in [5, 5.41) is 0. The van der Waals surface area contributed by atoms with Gasteiger partial charge in [-0.2, -0.15) is 0 Å². The maximum Gasteiger partial charge on any atom is 0.330 e. The Kier molecular flexibility index (Phi) is 2.35. The number of hydrogen-bond donors (Lipinski definition) is 0. The zero-order valence-electron chi connectivity index (χ0n) is 8.71. The molecule has 0 amide bonds. The maximum atomic E-state index is 11.9. The Morgan fingerprint density at radius 2 is 2.43 bits per heavy atom. The molecule has 0 radical (unpaired) electrons. The van der Waals surface area contributed by atoms with Crippen LogP contribution in [0.15, 0.2) is 12.2 Å². The van der Waals surface area contributed by atoms with Crippen molar-refractivity contribution in [1.29, 1.82) is 0 Å². The van der Waals surface area contributed by atoms with Gasteiger partial charge >= 0.3 is 5.97 Å². The van der Waals surface area contributed by atoms with Gasteiger partial charge in [-0.3, -0.25) is 4.90 Å². The zero-order valence-corrected chi connectivity index (χ0v) is 8.71. The molecule has 14 heavy (non-hydrogen) atoms. The molecule has 0 saturated carbocycles. The molecule has 0 bridgehead atoms. The van der Waals surface area contributed by atoms with E-state index in [1.807, 2.05) is 6.92 Å². The molecular formula is C11H17NO2. The molecule has 78 valence electrons. The van der Waals surface area contributed by atoms with Crippen molar-refractivity contribution in [3.05, 3.63) is 12.2 Å². The average Bonchev–Trinajstić information content (AvgIpc) is 2.68. The molecule has 2 saturated heterocycles. The first-order valence-corrected chi connectivity index (χ1v) is 5.32. The fourth-order valence-electron chi connectivity index (χ4n) is 2.68. The topological polar surface area (TPSA) is 29.5 Å². The highest BCUT2D eigenvalue weighted by Gasteiger charge is 2.53. The number of fused-ring (bicyclic) bond motifs is 1. The maximum absolute atomic E-state index is 11.9.